The van der Waals surface area contributed by atoms with Crippen LogP contribution in [0.1, 0.15) is 25.1 Å². The fraction of sp³-hybridized carbons (Fsp3) is 0.467. The number of H-pyrrole nitrogens is 1. The smallest absolute Gasteiger partial charge is 0.0733 e. The Hall–Kier alpha value is -1.32. The largest absolute Gasteiger partial charge is 0.389 e. The molecular weight excluding hydrogens is 226 g/mol. The fourth-order valence-corrected chi connectivity index (χ4v) is 3.00. The monoisotopic (exact) mass is 245 g/mol. The number of rotatable bonds is 2. The van der Waals surface area contributed by atoms with Gasteiger partial charge in [-0.3, -0.25) is 0 Å². The molecule has 0 bridgehead atoms. The van der Waals surface area contributed by atoms with Crippen molar-refractivity contribution in [1.82, 2.24) is 4.98 Å². The molecule has 18 heavy (non-hydrogen) atoms. The quantitative estimate of drug-likeness (QED) is 0.854. The molecule has 1 aromatic heterocycles. The minimum Gasteiger partial charge on any atom is -0.389 e. The molecule has 2 heterocycles. The second-order valence-corrected chi connectivity index (χ2v) is 5.80. The molecule has 1 saturated heterocycles. The number of hydrogen-bond acceptors (Lipinski definition) is 2. The zero-order valence-corrected chi connectivity index (χ0v) is 11.1. The standard InChI is InChI=1S/C15H19NO2/c1-10-13(11-6-4-5-7-12(11)16-10)15(8-18-9-15)14(2,3)17/h4-7,16-17H,8-9H2,1-3H3. The Balaban J connectivity index is 2.28. The van der Waals surface area contributed by atoms with Gasteiger partial charge in [-0.1, -0.05) is 18.2 Å². The number of ether oxygens (including phenoxy) is 1. The van der Waals surface area contributed by atoms with Gasteiger partial charge in [-0.05, 0) is 32.4 Å². The summed E-state index contributed by atoms with van der Waals surface area (Å²) < 4.78 is 5.42. The summed E-state index contributed by atoms with van der Waals surface area (Å²) >= 11 is 0. The van der Waals surface area contributed by atoms with E-state index >= 15 is 0 Å². The van der Waals surface area contributed by atoms with Gasteiger partial charge in [-0.2, -0.15) is 0 Å². The van der Waals surface area contributed by atoms with Gasteiger partial charge in [-0.25, -0.2) is 0 Å². The molecule has 3 nitrogen and oxygen atoms in total. The van der Waals surface area contributed by atoms with Crippen molar-refractivity contribution < 1.29 is 9.84 Å². The molecule has 96 valence electrons. The molecule has 1 aliphatic rings. The first-order valence-corrected chi connectivity index (χ1v) is 6.34. The molecule has 3 rings (SSSR count). The van der Waals surface area contributed by atoms with Gasteiger partial charge < -0.3 is 14.8 Å². The van der Waals surface area contributed by atoms with Crippen molar-refractivity contribution in [3.8, 4) is 0 Å². The number of fused-ring (bicyclic) bond motifs is 1. The van der Waals surface area contributed by atoms with E-state index in [-0.39, 0.29) is 5.41 Å². The normalized spacial score (nSPS) is 18.9. The van der Waals surface area contributed by atoms with Gasteiger partial charge in [0.2, 0.25) is 0 Å². The van der Waals surface area contributed by atoms with Gasteiger partial charge in [0.25, 0.3) is 0 Å². The van der Waals surface area contributed by atoms with Crippen LogP contribution in [-0.2, 0) is 10.2 Å². The summed E-state index contributed by atoms with van der Waals surface area (Å²) in [5, 5.41) is 11.7. The number of aromatic nitrogens is 1. The predicted molar refractivity (Wildman–Crippen MR) is 71.8 cm³/mol. The molecule has 1 fully saturated rings. The molecule has 0 atom stereocenters. The molecule has 0 radical (unpaired) electrons. The van der Waals surface area contributed by atoms with Crippen LogP contribution in [0.4, 0.5) is 0 Å². The summed E-state index contributed by atoms with van der Waals surface area (Å²) in [7, 11) is 0. The Morgan fingerprint density at radius 3 is 2.50 bits per heavy atom. The minimum absolute atomic E-state index is 0.295. The minimum atomic E-state index is -0.791. The molecule has 0 spiro atoms. The first-order chi connectivity index (χ1) is 8.46. The second kappa shape index (κ2) is 3.59. The van der Waals surface area contributed by atoms with Crippen molar-refractivity contribution >= 4 is 10.9 Å². The van der Waals surface area contributed by atoms with Gasteiger partial charge in [0, 0.05) is 16.6 Å². The number of benzene rings is 1. The Morgan fingerprint density at radius 1 is 1.28 bits per heavy atom. The summed E-state index contributed by atoms with van der Waals surface area (Å²) in [6, 6.07) is 8.25. The maximum absolute atomic E-state index is 10.5. The van der Waals surface area contributed by atoms with E-state index < -0.39 is 5.60 Å². The number of hydrogen-bond donors (Lipinski definition) is 2. The molecule has 0 saturated carbocycles. The van der Waals surface area contributed by atoms with Crippen LogP contribution in [-0.4, -0.2) is 28.9 Å². The molecule has 0 amide bonds. The molecule has 2 aromatic rings. The van der Waals surface area contributed by atoms with Crippen LogP contribution < -0.4 is 0 Å². The molecule has 1 aliphatic heterocycles. The lowest BCUT2D eigenvalue weighted by Crippen LogP contribution is -2.60. The summed E-state index contributed by atoms with van der Waals surface area (Å²) in [6.07, 6.45) is 0. The van der Waals surface area contributed by atoms with E-state index in [2.05, 4.69) is 24.0 Å². The molecule has 1 aromatic carbocycles. The fourth-order valence-electron chi connectivity index (χ4n) is 3.00. The Bertz CT molecular complexity index is 588. The third-order valence-electron chi connectivity index (χ3n) is 4.24. The van der Waals surface area contributed by atoms with E-state index in [0.29, 0.717) is 13.2 Å². The van der Waals surface area contributed by atoms with E-state index in [9.17, 15) is 5.11 Å². The average Bonchev–Trinajstić information content (AvgIpc) is 2.52. The third kappa shape index (κ3) is 1.38. The van der Waals surface area contributed by atoms with Crippen molar-refractivity contribution in [2.24, 2.45) is 0 Å². The number of aromatic amines is 1. The number of aliphatic hydroxyl groups is 1. The molecular formula is C15H19NO2. The van der Waals surface area contributed by atoms with Gasteiger partial charge in [0.05, 0.1) is 24.2 Å². The summed E-state index contributed by atoms with van der Waals surface area (Å²) in [5.41, 5.74) is 2.37. The lowest BCUT2D eigenvalue weighted by Gasteiger charge is -2.50. The molecule has 0 aliphatic carbocycles. The van der Waals surface area contributed by atoms with Crippen molar-refractivity contribution in [2.45, 2.75) is 31.8 Å². The van der Waals surface area contributed by atoms with Gasteiger partial charge >= 0.3 is 0 Å². The highest BCUT2D eigenvalue weighted by Gasteiger charge is 2.53. The van der Waals surface area contributed by atoms with Crippen molar-refractivity contribution in [2.75, 3.05) is 13.2 Å². The zero-order valence-electron chi connectivity index (χ0n) is 11.1. The van der Waals surface area contributed by atoms with Crippen molar-refractivity contribution in [3.05, 3.63) is 35.5 Å². The second-order valence-electron chi connectivity index (χ2n) is 5.80. The maximum atomic E-state index is 10.5. The van der Waals surface area contributed by atoms with Crippen LogP contribution in [0, 0.1) is 6.92 Å². The SMILES string of the molecule is Cc1[nH]c2ccccc2c1C1(C(C)(C)O)COC1. The number of aryl methyl sites for hydroxylation is 1. The van der Waals surface area contributed by atoms with Gasteiger partial charge in [-0.15, -0.1) is 0 Å². The van der Waals surface area contributed by atoms with Crippen molar-refractivity contribution in [3.63, 3.8) is 0 Å². The lowest BCUT2D eigenvalue weighted by atomic mass is 9.66. The topological polar surface area (TPSA) is 45.2 Å². The van der Waals surface area contributed by atoms with Crippen LogP contribution in [0.5, 0.6) is 0 Å². The van der Waals surface area contributed by atoms with Gasteiger partial charge in [0.1, 0.15) is 0 Å². The highest BCUT2D eigenvalue weighted by Crippen LogP contribution is 2.46. The highest BCUT2D eigenvalue weighted by atomic mass is 16.5. The predicted octanol–water partition coefficient (Wildman–Crippen LogP) is 2.52. The van der Waals surface area contributed by atoms with E-state index in [1.54, 1.807) is 0 Å². The van der Waals surface area contributed by atoms with E-state index in [1.165, 1.54) is 10.9 Å². The highest BCUT2D eigenvalue weighted by molar-refractivity contribution is 5.86. The number of para-hydroxylation sites is 1. The lowest BCUT2D eigenvalue weighted by molar-refractivity contribution is -0.157. The first-order valence-electron chi connectivity index (χ1n) is 6.34. The van der Waals surface area contributed by atoms with E-state index in [0.717, 1.165) is 11.2 Å². The molecule has 3 heteroatoms. The third-order valence-corrected chi connectivity index (χ3v) is 4.24. The summed E-state index contributed by atoms with van der Waals surface area (Å²) in [6.45, 7) is 6.98. The summed E-state index contributed by atoms with van der Waals surface area (Å²) in [5.74, 6) is 0. The summed E-state index contributed by atoms with van der Waals surface area (Å²) in [4.78, 5) is 3.41. The maximum Gasteiger partial charge on any atom is 0.0733 e. The van der Waals surface area contributed by atoms with E-state index in [1.807, 2.05) is 26.0 Å². The van der Waals surface area contributed by atoms with Crippen molar-refractivity contribution in [1.29, 1.82) is 0 Å². The Morgan fingerprint density at radius 2 is 1.94 bits per heavy atom. The van der Waals surface area contributed by atoms with Crippen LogP contribution in [0.25, 0.3) is 10.9 Å². The molecule has 0 unspecified atom stereocenters. The van der Waals surface area contributed by atoms with Gasteiger partial charge in [0.15, 0.2) is 0 Å². The van der Waals surface area contributed by atoms with Crippen LogP contribution >= 0.6 is 0 Å². The average molecular weight is 245 g/mol. The van der Waals surface area contributed by atoms with Crippen LogP contribution in [0.3, 0.4) is 0 Å². The number of nitrogens with one attached hydrogen (secondary N) is 1. The Kier molecular flexibility index (Phi) is 2.34. The van der Waals surface area contributed by atoms with Crippen LogP contribution in [0.15, 0.2) is 24.3 Å². The zero-order chi connectivity index (χ0) is 13.0. The molecule has 2 N–H and O–H groups in total. The first kappa shape index (κ1) is 11.8. The van der Waals surface area contributed by atoms with E-state index in [4.69, 9.17) is 4.74 Å². The van der Waals surface area contributed by atoms with Crippen LogP contribution in [0.2, 0.25) is 0 Å². The Labute approximate surface area is 107 Å².